The normalized spacial score (nSPS) is 16.9. The molecular weight excluding hydrogens is 520 g/mol. The van der Waals surface area contributed by atoms with Gasteiger partial charge in [-0.1, -0.05) is 6.07 Å². The van der Waals surface area contributed by atoms with Gasteiger partial charge in [0.05, 0.1) is 18.4 Å². The van der Waals surface area contributed by atoms with Gasteiger partial charge in [0.25, 0.3) is 5.91 Å². The minimum atomic E-state index is -0.756. The molecule has 5 amide bonds. The number of fused-ring (bicyclic) bond motifs is 1. The molecule has 3 heterocycles. The number of carbonyl (C=O) groups excluding carboxylic acids is 5. The molecule has 2 aliphatic heterocycles. The molecule has 0 aliphatic carbocycles. The van der Waals surface area contributed by atoms with E-state index in [2.05, 4.69) is 20.8 Å². The molecule has 2 aromatic rings. The molecule has 0 spiro atoms. The van der Waals surface area contributed by atoms with Gasteiger partial charge in [-0.25, -0.2) is 4.79 Å². The summed E-state index contributed by atoms with van der Waals surface area (Å²) in [6.45, 7) is 6.21. The molecule has 1 saturated heterocycles. The summed E-state index contributed by atoms with van der Waals surface area (Å²) < 4.78 is 5.51. The summed E-state index contributed by atoms with van der Waals surface area (Å²) in [6.07, 6.45) is 1.34. The highest BCUT2D eigenvalue weighted by Gasteiger charge is 2.40. The third-order valence-electron chi connectivity index (χ3n) is 6.48. The Bertz CT molecular complexity index is 1320. The predicted molar refractivity (Wildman–Crippen MR) is 141 cm³/mol. The van der Waals surface area contributed by atoms with E-state index in [4.69, 9.17) is 10.5 Å². The summed E-state index contributed by atoms with van der Waals surface area (Å²) in [5, 5.41) is 13.5. The van der Waals surface area contributed by atoms with Crippen LogP contribution in [0, 0.1) is 0 Å². The lowest BCUT2D eigenvalue weighted by Gasteiger charge is -2.29. The van der Waals surface area contributed by atoms with Crippen molar-refractivity contribution in [1.29, 1.82) is 0 Å². The van der Waals surface area contributed by atoms with Gasteiger partial charge in [0.1, 0.15) is 11.6 Å². The zero-order chi connectivity index (χ0) is 29.0. The molecule has 1 unspecified atom stereocenters. The van der Waals surface area contributed by atoms with Gasteiger partial charge in [0.15, 0.2) is 0 Å². The molecule has 14 nitrogen and oxygen atoms in total. The summed E-state index contributed by atoms with van der Waals surface area (Å²) in [5.74, 6) is -1.56. The van der Waals surface area contributed by atoms with Crippen molar-refractivity contribution < 1.29 is 28.7 Å². The lowest BCUT2D eigenvalue weighted by molar-refractivity contribution is -0.137. The van der Waals surface area contributed by atoms with Crippen LogP contribution >= 0.6 is 0 Å². The van der Waals surface area contributed by atoms with Crippen LogP contribution in [0.4, 0.5) is 10.5 Å². The topological polar surface area (TPSA) is 182 Å². The monoisotopic (exact) mass is 554 g/mol. The summed E-state index contributed by atoms with van der Waals surface area (Å²) in [6, 6.07) is 4.22. The highest BCUT2D eigenvalue weighted by molar-refractivity contribution is 6.06. The number of piperidine rings is 1. The first-order valence-corrected chi connectivity index (χ1v) is 13.1. The van der Waals surface area contributed by atoms with Crippen molar-refractivity contribution in [3.63, 3.8) is 0 Å². The van der Waals surface area contributed by atoms with Gasteiger partial charge in [-0.2, -0.15) is 15.0 Å². The third-order valence-corrected chi connectivity index (χ3v) is 6.48. The maximum absolute atomic E-state index is 13.0. The van der Waals surface area contributed by atoms with E-state index < -0.39 is 23.6 Å². The minimum absolute atomic E-state index is 0.0334. The number of carbonyl (C=O) groups is 5. The Morgan fingerprint density at radius 3 is 2.67 bits per heavy atom. The smallest absolute Gasteiger partial charge is 0.410 e. The maximum atomic E-state index is 13.0. The van der Waals surface area contributed by atoms with Crippen LogP contribution in [0.3, 0.4) is 0 Å². The maximum Gasteiger partial charge on any atom is 0.410 e. The van der Waals surface area contributed by atoms with Crippen molar-refractivity contribution in [3.05, 3.63) is 41.2 Å². The largest absolute Gasteiger partial charge is 0.444 e. The number of nitrogens with two attached hydrogens (primary N) is 1. The van der Waals surface area contributed by atoms with Crippen molar-refractivity contribution >= 4 is 35.4 Å². The molecule has 4 rings (SSSR count). The first-order valence-electron chi connectivity index (χ1n) is 13.1. The number of amides is 5. The highest BCUT2D eigenvalue weighted by Crippen LogP contribution is 2.32. The average Bonchev–Trinajstić information content (AvgIpc) is 3.48. The zero-order valence-corrected chi connectivity index (χ0v) is 22.8. The van der Waals surface area contributed by atoms with Crippen LogP contribution in [0.2, 0.25) is 0 Å². The zero-order valence-electron chi connectivity index (χ0n) is 22.8. The van der Waals surface area contributed by atoms with Crippen LogP contribution < -0.4 is 16.4 Å². The number of benzene rings is 1. The number of hydrogen-bond donors (Lipinski definition) is 3. The van der Waals surface area contributed by atoms with Crippen LogP contribution in [-0.2, 0) is 38.8 Å². The molecule has 0 radical (unpaired) electrons. The van der Waals surface area contributed by atoms with E-state index in [1.165, 1.54) is 14.6 Å². The summed E-state index contributed by atoms with van der Waals surface area (Å²) in [7, 11) is 0. The second-order valence-corrected chi connectivity index (χ2v) is 10.6. The number of anilines is 1. The van der Waals surface area contributed by atoms with E-state index in [9.17, 15) is 24.0 Å². The van der Waals surface area contributed by atoms with Crippen LogP contribution in [0.15, 0.2) is 24.4 Å². The van der Waals surface area contributed by atoms with E-state index in [0.717, 1.165) is 0 Å². The molecule has 1 fully saturated rings. The van der Waals surface area contributed by atoms with Gasteiger partial charge in [-0.15, -0.1) is 0 Å². The Kier molecular flexibility index (Phi) is 8.47. The fourth-order valence-corrected chi connectivity index (χ4v) is 4.52. The Balaban J connectivity index is 1.40. The lowest BCUT2D eigenvalue weighted by atomic mass is 10.0. The number of imide groups is 1. The van der Waals surface area contributed by atoms with Gasteiger partial charge in [-0.05, 0) is 39.3 Å². The summed E-state index contributed by atoms with van der Waals surface area (Å²) in [5.41, 5.74) is 6.91. The first kappa shape index (κ1) is 28.7. The Morgan fingerprint density at radius 2 is 2.00 bits per heavy atom. The molecule has 0 bridgehead atoms. The second kappa shape index (κ2) is 11.8. The Hall–Kier alpha value is -4.33. The molecule has 4 N–H and O–H groups in total. The molecular formula is C26H34N8O6. The number of ether oxygens (including phenoxy) is 1. The molecule has 214 valence electrons. The van der Waals surface area contributed by atoms with Gasteiger partial charge in [-0.3, -0.25) is 24.5 Å². The van der Waals surface area contributed by atoms with Crippen molar-refractivity contribution in [2.24, 2.45) is 5.73 Å². The standard InChI is InChI=1S/C26H34N8O6/c1-26(2,3)40-25(39)32(11-12-34-28-14-16(13-27)31-34)10-9-22(36)29-19-6-4-5-17-18(19)15-33(24(17)38)20-7-8-21(35)30-23(20)37/h4-6,14,20H,7-13,15,27H2,1-3H3,(H,29,36)(H,30,35,37). The molecule has 1 aromatic carbocycles. The highest BCUT2D eigenvalue weighted by atomic mass is 16.6. The van der Waals surface area contributed by atoms with Gasteiger partial charge >= 0.3 is 6.09 Å². The SMILES string of the molecule is CC(C)(C)OC(=O)N(CCC(=O)Nc1cccc2c1CN(C1CCC(=O)NC1=O)C2=O)CCn1ncc(CN)n1. The number of nitrogens with one attached hydrogen (secondary N) is 2. The molecule has 1 aromatic heterocycles. The number of rotatable bonds is 9. The van der Waals surface area contributed by atoms with Crippen LogP contribution in [0.25, 0.3) is 0 Å². The molecule has 40 heavy (non-hydrogen) atoms. The number of hydrogen-bond acceptors (Lipinski definition) is 9. The van der Waals surface area contributed by atoms with Crippen LogP contribution in [0.1, 0.15) is 61.6 Å². The van der Waals surface area contributed by atoms with Gasteiger partial charge < -0.3 is 25.6 Å². The quantitative estimate of drug-likeness (QED) is 0.377. The summed E-state index contributed by atoms with van der Waals surface area (Å²) >= 11 is 0. The fraction of sp³-hybridized carbons (Fsp3) is 0.500. The van der Waals surface area contributed by atoms with Crippen LogP contribution in [0.5, 0.6) is 0 Å². The minimum Gasteiger partial charge on any atom is -0.444 e. The third kappa shape index (κ3) is 6.81. The van der Waals surface area contributed by atoms with Crippen molar-refractivity contribution in [1.82, 2.24) is 30.1 Å². The van der Waals surface area contributed by atoms with E-state index in [0.29, 0.717) is 22.5 Å². The van der Waals surface area contributed by atoms with Crippen molar-refractivity contribution in [3.8, 4) is 0 Å². The van der Waals surface area contributed by atoms with E-state index in [1.54, 1.807) is 45.2 Å². The van der Waals surface area contributed by atoms with Gasteiger partial charge in [0, 0.05) is 55.8 Å². The van der Waals surface area contributed by atoms with E-state index in [1.807, 2.05) is 0 Å². The molecule has 1 atom stereocenters. The first-order chi connectivity index (χ1) is 18.9. The van der Waals surface area contributed by atoms with E-state index in [-0.39, 0.29) is 69.7 Å². The predicted octanol–water partition coefficient (Wildman–Crippen LogP) is 0.764. The lowest BCUT2D eigenvalue weighted by Crippen LogP contribution is -2.52. The number of aromatic nitrogens is 3. The molecule has 2 aliphatic rings. The van der Waals surface area contributed by atoms with Crippen molar-refractivity contribution in [2.75, 3.05) is 18.4 Å². The van der Waals surface area contributed by atoms with Gasteiger partial charge in [0.2, 0.25) is 17.7 Å². The molecule has 0 saturated carbocycles. The second-order valence-electron chi connectivity index (χ2n) is 10.6. The fourth-order valence-electron chi connectivity index (χ4n) is 4.52. The Morgan fingerprint density at radius 1 is 1.23 bits per heavy atom. The average molecular weight is 555 g/mol. The van der Waals surface area contributed by atoms with E-state index >= 15 is 0 Å². The number of nitrogens with zero attached hydrogens (tertiary/aromatic N) is 5. The summed E-state index contributed by atoms with van der Waals surface area (Å²) in [4.78, 5) is 67.0. The van der Waals surface area contributed by atoms with Crippen LogP contribution in [-0.4, -0.2) is 79.2 Å². The Labute approximate surface area is 231 Å². The van der Waals surface area contributed by atoms with Crippen molar-refractivity contribution in [2.45, 2.75) is 71.3 Å². The molecule has 14 heteroatoms.